The lowest BCUT2D eigenvalue weighted by Gasteiger charge is -2.29. The van der Waals surface area contributed by atoms with Gasteiger partial charge >= 0.3 is 0 Å². The average molecular weight is 271 g/mol. The summed E-state index contributed by atoms with van der Waals surface area (Å²) >= 11 is 0. The van der Waals surface area contributed by atoms with Crippen LogP contribution in [-0.4, -0.2) is 0 Å². The Morgan fingerprint density at radius 3 is 2.25 bits per heavy atom. The van der Waals surface area contributed by atoms with Crippen molar-refractivity contribution >= 4 is 0 Å². The van der Waals surface area contributed by atoms with Crippen LogP contribution in [0.2, 0.25) is 0 Å². The molecule has 0 saturated carbocycles. The fourth-order valence-electron chi connectivity index (χ4n) is 2.81. The van der Waals surface area contributed by atoms with Gasteiger partial charge in [0.25, 0.3) is 0 Å². The molecule has 0 aliphatic rings. The molecule has 2 nitrogen and oxygen atoms in total. The maximum Gasteiger partial charge on any atom is 0.120 e. The molecule has 0 spiro atoms. The number of furan rings is 1. The Morgan fingerprint density at radius 1 is 1.00 bits per heavy atom. The quantitative estimate of drug-likeness (QED) is 0.757. The molecule has 0 amide bonds. The highest BCUT2D eigenvalue weighted by Crippen LogP contribution is 2.30. The summed E-state index contributed by atoms with van der Waals surface area (Å²) in [6.45, 7) is 6.70. The van der Waals surface area contributed by atoms with E-state index in [2.05, 4.69) is 56.4 Å². The molecule has 0 radical (unpaired) electrons. The van der Waals surface area contributed by atoms with Gasteiger partial charge in [0.05, 0.1) is 12.3 Å². The van der Waals surface area contributed by atoms with Crippen LogP contribution >= 0.6 is 0 Å². The van der Waals surface area contributed by atoms with Crippen molar-refractivity contribution in [3.05, 3.63) is 60.1 Å². The second-order valence-corrected chi connectivity index (χ2v) is 5.37. The van der Waals surface area contributed by atoms with Crippen LogP contribution in [0.3, 0.4) is 0 Å². The van der Waals surface area contributed by atoms with Gasteiger partial charge in [0.1, 0.15) is 5.76 Å². The molecule has 0 saturated heterocycles. The molecule has 1 N–H and O–H groups in total. The van der Waals surface area contributed by atoms with Gasteiger partial charge < -0.3 is 9.73 Å². The Bertz CT molecular complexity index is 473. The first-order chi connectivity index (χ1) is 9.76. The van der Waals surface area contributed by atoms with Gasteiger partial charge in [0.15, 0.2) is 0 Å². The first kappa shape index (κ1) is 14.9. The standard InChI is InChI=1S/C18H25NO/c1-4-15(5-2)18(16-10-7-6-8-11-16)19-14(3)17-12-9-13-20-17/h6-15,18-19H,4-5H2,1-3H3. The van der Waals surface area contributed by atoms with Crippen molar-refractivity contribution in [1.29, 1.82) is 0 Å². The Hall–Kier alpha value is -1.54. The molecule has 2 aromatic rings. The lowest BCUT2D eigenvalue weighted by atomic mass is 9.88. The van der Waals surface area contributed by atoms with E-state index < -0.39 is 0 Å². The first-order valence-corrected chi connectivity index (χ1v) is 7.60. The number of rotatable bonds is 7. The van der Waals surface area contributed by atoms with Crippen LogP contribution in [0.5, 0.6) is 0 Å². The van der Waals surface area contributed by atoms with Gasteiger partial charge in [0, 0.05) is 6.04 Å². The number of hydrogen-bond donors (Lipinski definition) is 1. The summed E-state index contributed by atoms with van der Waals surface area (Å²) in [7, 11) is 0. The Morgan fingerprint density at radius 2 is 1.70 bits per heavy atom. The zero-order valence-corrected chi connectivity index (χ0v) is 12.7. The van der Waals surface area contributed by atoms with Crippen LogP contribution in [0, 0.1) is 5.92 Å². The van der Waals surface area contributed by atoms with Gasteiger partial charge in [-0.3, -0.25) is 0 Å². The molecule has 0 aliphatic heterocycles. The zero-order chi connectivity index (χ0) is 14.4. The highest BCUT2D eigenvalue weighted by atomic mass is 16.3. The molecule has 0 fully saturated rings. The summed E-state index contributed by atoms with van der Waals surface area (Å²) in [6, 6.07) is 15.3. The van der Waals surface area contributed by atoms with E-state index in [4.69, 9.17) is 4.42 Å². The van der Waals surface area contributed by atoms with E-state index in [1.165, 1.54) is 18.4 Å². The topological polar surface area (TPSA) is 25.2 Å². The van der Waals surface area contributed by atoms with Crippen LogP contribution in [0.25, 0.3) is 0 Å². The van der Waals surface area contributed by atoms with Crippen molar-refractivity contribution in [3.63, 3.8) is 0 Å². The van der Waals surface area contributed by atoms with Gasteiger partial charge in [0.2, 0.25) is 0 Å². The average Bonchev–Trinajstić information content (AvgIpc) is 3.02. The molecule has 2 heteroatoms. The van der Waals surface area contributed by atoms with Crippen LogP contribution in [0.1, 0.15) is 57.0 Å². The summed E-state index contributed by atoms with van der Waals surface area (Å²) in [5.74, 6) is 1.63. The van der Waals surface area contributed by atoms with Gasteiger partial charge in [-0.15, -0.1) is 0 Å². The molecule has 2 unspecified atom stereocenters. The van der Waals surface area contributed by atoms with E-state index in [0.29, 0.717) is 12.0 Å². The van der Waals surface area contributed by atoms with E-state index in [1.54, 1.807) is 6.26 Å². The predicted molar refractivity (Wildman–Crippen MR) is 83.5 cm³/mol. The Kier molecular flexibility index (Phi) is 5.42. The van der Waals surface area contributed by atoms with Gasteiger partial charge in [-0.2, -0.15) is 0 Å². The molecular weight excluding hydrogens is 246 g/mol. The lowest BCUT2D eigenvalue weighted by molar-refractivity contribution is 0.298. The third-order valence-corrected chi connectivity index (χ3v) is 4.08. The maximum absolute atomic E-state index is 5.52. The van der Waals surface area contributed by atoms with Crippen molar-refractivity contribution in [2.45, 2.75) is 45.7 Å². The minimum Gasteiger partial charge on any atom is -0.468 e. The number of hydrogen-bond acceptors (Lipinski definition) is 2. The predicted octanol–water partition coefficient (Wildman–Crippen LogP) is 5.11. The zero-order valence-electron chi connectivity index (χ0n) is 12.7. The minimum atomic E-state index is 0.218. The van der Waals surface area contributed by atoms with E-state index >= 15 is 0 Å². The molecule has 108 valence electrons. The van der Waals surface area contributed by atoms with Crippen LogP contribution < -0.4 is 5.32 Å². The molecule has 0 bridgehead atoms. The highest BCUT2D eigenvalue weighted by Gasteiger charge is 2.23. The van der Waals surface area contributed by atoms with Crippen LogP contribution in [-0.2, 0) is 0 Å². The largest absolute Gasteiger partial charge is 0.468 e. The van der Waals surface area contributed by atoms with Crippen molar-refractivity contribution in [1.82, 2.24) is 5.32 Å². The second kappa shape index (κ2) is 7.30. The lowest BCUT2D eigenvalue weighted by Crippen LogP contribution is -2.30. The van der Waals surface area contributed by atoms with E-state index in [0.717, 1.165) is 5.76 Å². The van der Waals surface area contributed by atoms with Gasteiger partial charge in [-0.25, -0.2) is 0 Å². The smallest absolute Gasteiger partial charge is 0.120 e. The highest BCUT2D eigenvalue weighted by molar-refractivity contribution is 5.20. The maximum atomic E-state index is 5.52. The molecule has 20 heavy (non-hydrogen) atoms. The van der Waals surface area contributed by atoms with Gasteiger partial charge in [-0.05, 0) is 30.5 Å². The molecule has 1 aromatic heterocycles. The van der Waals surface area contributed by atoms with Crippen molar-refractivity contribution in [2.24, 2.45) is 5.92 Å². The molecule has 1 aromatic carbocycles. The summed E-state index contributed by atoms with van der Waals surface area (Å²) < 4.78 is 5.52. The summed E-state index contributed by atoms with van der Waals surface area (Å²) in [4.78, 5) is 0. The van der Waals surface area contributed by atoms with Crippen molar-refractivity contribution in [2.75, 3.05) is 0 Å². The fourth-order valence-corrected chi connectivity index (χ4v) is 2.81. The second-order valence-electron chi connectivity index (χ2n) is 5.37. The minimum absolute atomic E-state index is 0.218. The Balaban J connectivity index is 2.18. The monoisotopic (exact) mass is 271 g/mol. The molecule has 0 aliphatic carbocycles. The van der Waals surface area contributed by atoms with Gasteiger partial charge in [-0.1, -0.05) is 57.0 Å². The van der Waals surface area contributed by atoms with E-state index in [9.17, 15) is 0 Å². The van der Waals surface area contributed by atoms with Crippen molar-refractivity contribution < 1.29 is 4.42 Å². The third-order valence-electron chi connectivity index (χ3n) is 4.08. The van der Waals surface area contributed by atoms with E-state index in [1.807, 2.05) is 12.1 Å². The third kappa shape index (κ3) is 3.51. The van der Waals surface area contributed by atoms with Crippen LogP contribution in [0.4, 0.5) is 0 Å². The molecule has 1 heterocycles. The number of benzene rings is 1. The summed E-state index contributed by atoms with van der Waals surface area (Å²) in [5, 5.41) is 3.74. The van der Waals surface area contributed by atoms with E-state index in [-0.39, 0.29) is 6.04 Å². The summed E-state index contributed by atoms with van der Waals surface area (Å²) in [6.07, 6.45) is 4.09. The SMILES string of the molecule is CCC(CC)C(NC(C)c1ccco1)c1ccccc1. The fraction of sp³-hybridized carbons (Fsp3) is 0.444. The van der Waals surface area contributed by atoms with Crippen molar-refractivity contribution in [3.8, 4) is 0 Å². The molecular formula is C18H25NO. The molecule has 2 atom stereocenters. The number of nitrogens with one attached hydrogen (secondary N) is 1. The Labute approximate surface area is 122 Å². The normalized spacial score (nSPS) is 14.4. The summed E-state index contributed by atoms with van der Waals surface area (Å²) in [5.41, 5.74) is 1.36. The molecule has 2 rings (SSSR count). The first-order valence-electron chi connectivity index (χ1n) is 7.60. The van der Waals surface area contributed by atoms with Crippen LogP contribution in [0.15, 0.2) is 53.1 Å².